The van der Waals surface area contributed by atoms with Crippen LogP contribution in [0, 0.1) is 0 Å². The molecule has 1 aromatic carbocycles. The third-order valence-electron chi connectivity index (χ3n) is 6.01. The molecule has 2 aliphatic rings. The molecule has 2 saturated heterocycles. The van der Waals surface area contributed by atoms with Crippen LogP contribution in [-0.2, 0) is 11.3 Å². The van der Waals surface area contributed by atoms with Gasteiger partial charge in [0, 0.05) is 38.5 Å². The number of hydrogen-bond acceptors (Lipinski definition) is 7. The van der Waals surface area contributed by atoms with Gasteiger partial charge in [0.1, 0.15) is 5.75 Å². The van der Waals surface area contributed by atoms with Gasteiger partial charge in [0.25, 0.3) is 0 Å². The zero-order valence-electron chi connectivity index (χ0n) is 17.5. The van der Waals surface area contributed by atoms with E-state index in [0.29, 0.717) is 0 Å². The lowest BCUT2D eigenvalue weighted by molar-refractivity contribution is 0.0891. The van der Waals surface area contributed by atoms with E-state index in [2.05, 4.69) is 44.4 Å². The Kier molecular flexibility index (Phi) is 6.61. The number of rotatable bonds is 8. The average molecular weight is 401 g/mol. The molecule has 0 unspecified atom stereocenters. The second kappa shape index (κ2) is 9.54. The number of anilines is 1. The summed E-state index contributed by atoms with van der Waals surface area (Å²) < 4.78 is 13.1. The molecule has 0 aliphatic carbocycles. The highest BCUT2D eigenvalue weighted by Crippen LogP contribution is 2.28. The summed E-state index contributed by atoms with van der Waals surface area (Å²) in [6.07, 6.45) is 4.64. The molecular weight excluding hydrogens is 368 g/mol. The SMILES string of the molecule is CCC[C@@H](c1nnnn1C[C@H]1CCCO1)N1CCN(c2ccc(OC)cc2)CC1. The summed E-state index contributed by atoms with van der Waals surface area (Å²) >= 11 is 0. The number of tetrazole rings is 1. The fourth-order valence-corrected chi connectivity index (χ4v) is 4.39. The van der Waals surface area contributed by atoms with Crippen LogP contribution in [0.4, 0.5) is 5.69 Å². The van der Waals surface area contributed by atoms with Crippen LogP contribution in [0.2, 0.25) is 0 Å². The first kappa shape index (κ1) is 20.1. The lowest BCUT2D eigenvalue weighted by atomic mass is 10.1. The topological polar surface area (TPSA) is 68.5 Å². The fourth-order valence-electron chi connectivity index (χ4n) is 4.39. The normalized spacial score (nSPS) is 21.4. The number of ether oxygens (including phenoxy) is 2. The molecule has 1 aromatic heterocycles. The van der Waals surface area contributed by atoms with Crippen LogP contribution in [0.1, 0.15) is 44.5 Å². The number of piperazine rings is 1. The maximum absolute atomic E-state index is 5.80. The van der Waals surface area contributed by atoms with E-state index in [9.17, 15) is 0 Å². The van der Waals surface area contributed by atoms with Gasteiger partial charge in [0.2, 0.25) is 0 Å². The molecule has 3 heterocycles. The summed E-state index contributed by atoms with van der Waals surface area (Å²) in [6.45, 7) is 7.85. The summed E-state index contributed by atoms with van der Waals surface area (Å²) in [4.78, 5) is 4.98. The van der Waals surface area contributed by atoms with Crippen LogP contribution < -0.4 is 9.64 Å². The molecule has 0 N–H and O–H groups in total. The Morgan fingerprint density at radius 3 is 2.62 bits per heavy atom. The molecule has 0 saturated carbocycles. The van der Waals surface area contributed by atoms with Crippen LogP contribution in [0.5, 0.6) is 5.75 Å². The van der Waals surface area contributed by atoms with Crippen molar-refractivity contribution in [3.63, 3.8) is 0 Å². The number of aromatic nitrogens is 4. The van der Waals surface area contributed by atoms with Crippen molar-refractivity contribution in [2.75, 3.05) is 44.8 Å². The first-order valence-electron chi connectivity index (χ1n) is 10.8. The molecular formula is C21H32N6O2. The highest BCUT2D eigenvalue weighted by molar-refractivity contribution is 5.49. The number of benzene rings is 1. The molecule has 8 nitrogen and oxygen atoms in total. The molecule has 29 heavy (non-hydrogen) atoms. The Morgan fingerprint density at radius 2 is 1.97 bits per heavy atom. The summed E-state index contributed by atoms with van der Waals surface area (Å²) in [5.41, 5.74) is 1.25. The number of methoxy groups -OCH3 is 1. The predicted molar refractivity (Wildman–Crippen MR) is 111 cm³/mol. The van der Waals surface area contributed by atoms with Gasteiger partial charge < -0.3 is 14.4 Å². The minimum atomic E-state index is 0.242. The van der Waals surface area contributed by atoms with E-state index >= 15 is 0 Å². The Balaban J connectivity index is 1.41. The maximum atomic E-state index is 5.80. The fraction of sp³-hybridized carbons (Fsp3) is 0.667. The van der Waals surface area contributed by atoms with Crippen molar-refractivity contribution in [1.82, 2.24) is 25.1 Å². The van der Waals surface area contributed by atoms with Crippen LogP contribution >= 0.6 is 0 Å². The molecule has 4 rings (SSSR count). The van der Waals surface area contributed by atoms with Crippen molar-refractivity contribution in [3.8, 4) is 5.75 Å². The molecule has 2 aliphatic heterocycles. The lowest BCUT2D eigenvalue weighted by Gasteiger charge is -2.39. The third-order valence-corrected chi connectivity index (χ3v) is 6.01. The highest BCUT2D eigenvalue weighted by atomic mass is 16.5. The van der Waals surface area contributed by atoms with Crippen molar-refractivity contribution in [3.05, 3.63) is 30.1 Å². The van der Waals surface area contributed by atoms with E-state index in [4.69, 9.17) is 9.47 Å². The molecule has 0 radical (unpaired) electrons. The maximum Gasteiger partial charge on any atom is 0.168 e. The van der Waals surface area contributed by atoms with Gasteiger partial charge in [0.05, 0.1) is 25.8 Å². The minimum Gasteiger partial charge on any atom is -0.497 e. The van der Waals surface area contributed by atoms with E-state index in [1.165, 1.54) is 5.69 Å². The first-order valence-corrected chi connectivity index (χ1v) is 10.8. The van der Waals surface area contributed by atoms with Gasteiger partial charge in [-0.25, -0.2) is 4.68 Å². The standard InChI is InChI=1S/C21H32N6O2/c1-3-5-20(21-22-23-24-27(21)16-19-6-4-15-29-19)26-13-11-25(12-14-26)17-7-9-18(28-2)10-8-17/h7-10,19-20H,3-6,11-16H2,1-2H3/t19-,20+/m1/s1. The van der Waals surface area contributed by atoms with E-state index < -0.39 is 0 Å². The molecule has 0 bridgehead atoms. The number of nitrogens with zero attached hydrogens (tertiary/aromatic N) is 6. The van der Waals surface area contributed by atoms with Gasteiger partial charge in [-0.15, -0.1) is 5.10 Å². The molecule has 0 amide bonds. The average Bonchev–Trinajstić information content (AvgIpc) is 3.45. The zero-order valence-corrected chi connectivity index (χ0v) is 17.5. The zero-order chi connectivity index (χ0) is 20.1. The molecule has 158 valence electrons. The van der Waals surface area contributed by atoms with Crippen LogP contribution in [0.25, 0.3) is 0 Å². The first-order chi connectivity index (χ1) is 14.3. The number of hydrogen-bond donors (Lipinski definition) is 0. The Hall–Kier alpha value is -2.19. The highest BCUT2D eigenvalue weighted by Gasteiger charge is 2.29. The van der Waals surface area contributed by atoms with Crippen molar-refractivity contribution in [2.45, 2.75) is 51.3 Å². The minimum absolute atomic E-state index is 0.242. The Bertz CT molecular complexity index is 751. The smallest absolute Gasteiger partial charge is 0.168 e. The Labute approximate surface area is 172 Å². The van der Waals surface area contributed by atoms with Gasteiger partial charge in [-0.3, -0.25) is 4.90 Å². The summed E-state index contributed by atoms with van der Waals surface area (Å²) in [5.74, 6) is 1.88. The van der Waals surface area contributed by atoms with E-state index in [1.54, 1.807) is 7.11 Å². The Morgan fingerprint density at radius 1 is 1.17 bits per heavy atom. The van der Waals surface area contributed by atoms with Gasteiger partial charge in [0.15, 0.2) is 5.82 Å². The van der Waals surface area contributed by atoms with Crippen LogP contribution in [-0.4, -0.2) is 71.1 Å². The monoisotopic (exact) mass is 400 g/mol. The third kappa shape index (κ3) is 4.70. The van der Waals surface area contributed by atoms with Crippen LogP contribution in [0.3, 0.4) is 0 Å². The van der Waals surface area contributed by atoms with Crippen LogP contribution in [0.15, 0.2) is 24.3 Å². The molecule has 2 atom stereocenters. The van der Waals surface area contributed by atoms with E-state index in [-0.39, 0.29) is 12.1 Å². The molecule has 8 heteroatoms. The quantitative estimate of drug-likeness (QED) is 0.674. The molecule has 0 spiro atoms. The van der Waals surface area contributed by atoms with Gasteiger partial charge in [-0.2, -0.15) is 0 Å². The van der Waals surface area contributed by atoms with Gasteiger partial charge in [-0.05, 0) is 54.0 Å². The van der Waals surface area contributed by atoms with Crippen molar-refractivity contribution in [2.24, 2.45) is 0 Å². The summed E-state index contributed by atoms with van der Waals surface area (Å²) in [6, 6.07) is 8.59. The molecule has 2 aromatic rings. The van der Waals surface area contributed by atoms with Gasteiger partial charge >= 0.3 is 0 Å². The van der Waals surface area contributed by atoms with E-state index in [0.717, 1.165) is 76.6 Å². The van der Waals surface area contributed by atoms with Crippen molar-refractivity contribution < 1.29 is 9.47 Å². The van der Waals surface area contributed by atoms with Gasteiger partial charge in [-0.1, -0.05) is 13.3 Å². The van der Waals surface area contributed by atoms with Crippen molar-refractivity contribution >= 4 is 5.69 Å². The second-order valence-corrected chi connectivity index (χ2v) is 7.88. The lowest BCUT2D eigenvalue weighted by Crippen LogP contribution is -2.48. The van der Waals surface area contributed by atoms with Crippen molar-refractivity contribution in [1.29, 1.82) is 0 Å². The predicted octanol–water partition coefficient (Wildman–Crippen LogP) is 2.52. The largest absolute Gasteiger partial charge is 0.497 e. The second-order valence-electron chi connectivity index (χ2n) is 7.88. The molecule has 2 fully saturated rings. The summed E-state index contributed by atoms with van der Waals surface area (Å²) in [7, 11) is 1.70. The summed E-state index contributed by atoms with van der Waals surface area (Å²) in [5, 5.41) is 12.7. The van der Waals surface area contributed by atoms with E-state index in [1.807, 2.05) is 16.8 Å².